The number of aromatic nitrogens is 2. The molecule has 2 aromatic heterocycles. The van der Waals surface area contributed by atoms with E-state index in [0.717, 1.165) is 23.3 Å². The van der Waals surface area contributed by atoms with Gasteiger partial charge in [-0.05, 0) is 12.0 Å². The number of rotatable bonds is 2. The van der Waals surface area contributed by atoms with E-state index in [0.29, 0.717) is 10.7 Å². The van der Waals surface area contributed by atoms with Gasteiger partial charge in [0.25, 0.3) is 0 Å². The second-order valence-corrected chi connectivity index (χ2v) is 4.93. The van der Waals surface area contributed by atoms with Crippen LogP contribution < -0.4 is 5.73 Å². The van der Waals surface area contributed by atoms with Crippen LogP contribution in [-0.4, -0.2) is 9.38 Å². The second kappa shape index (κ2) is 4.59. The van der Waals surface area contributed by atoms with Crippen LogP contribution in [-0.2, 0) is 6.42 Å². The number of pyridine rings is 1. The topological polar surface area (TPSA) is 43.3 Å². The molecule has 0 aliphatic rings. The SMILES string of the molecule is CCc1ccc(-c2cn3cc(N)c(Cl)cc3n2)cc1. The lowest BCUT2D eigenvalue weighted by Gasteiger charge is -1.98. The van der Waals surface area contributed by atoms with Crippen molar-refractivity contribution in [3.63, 3.8) is 0 Å². The average Bonchev–Trinajstić information content (AvgIpc) is 2.82. The quantitative estimate of drug-likeness (QED) is 0.770. The lowest BCUT2D eigenvalue weighted by molar-refractivity contribution is 1.14. The highest BCUT2D eigenvalue weighted by molar-refractivity contribution is 6.33. The molecule has 0 atom stereocenters. The first-order valence-electron chi connectivity index (χ1n) is 6.20. The van der Waals surface area contributed by atoms with E-state index >= 15 is 0 Å². The van der Waals surface area contributed by atoms with Gasteiger partial charge in [-0.2, -0.15) is 0 Å². The van der Waals surface area contributed by atoms with Crippen LogP contribution in [0.1, 0.15) is 12.5 Å². The van der Waals surface area contributed by atoms with E-state index in [-0.39, 0.29) is 0 Å². The number of hydrogen-bond donors (Lipinski definition) is 1. The second-order valence-electron chi connectivity index (χ2n) is 4.52. The van der Waals surface area contributed by atoms with Gasteiger partial charge in [0.2, 0.25) is 0 Å². The van der Waals surface area contributed by atoms with Crippen LogP contribution in [0.25, 0.3) is 16.9 Å². The van der Waals surface area contributed by atoms with E-state index in [4.69, 9.17) is 17.3 Å². The third-order valence-electron chi connectivity index (χ3n) is 3.23. The van der Waals surface area contributed by atoms with Gasteiger partial charge < -0.3 is 10.1 Å². The number of hydrogen-bond acceptors (Lipinski definition) is 2. The number of nitrogen functional groups attached to an aromatic ring is 1. The van der Waals surface area contributed by atoms with Gasteiger partial charge in [-0.3, -0.25) is 0 Å². The van der Waals surface area contributed by atoms with Crippen molar-refractivity contribution in [1.82, 2.24) is 9.38 Å². The number of halogens is 1. The maximum Gasteiger partial charge on any atom is 0.139 e. The third kappa shape index (κ3) is 2.17. The molecule has 2 N–H and O–H groups in total. The summed E-state index contributed by atoms with van der Waals surface area (Å²) in [7, 11) is 0. The number of imidazole rings is 1. The van der Waals surface area contributed by atoms with Crippen molar-refractivity contribution in [3.8, 4) is 11.3 Å². The Morgan fingerprint density at radius 3 is 2.63 bits per heavy atom. The highest BCUT2D eigenvalue weighted by atomic mass is 35.5. The lowest BCUT2D eigenvalue weighted by Crippen LogP contribution is -1.90. The maximum absolute atomic E-state index is 6.00. The van der Waals surface area contributed by atoms with Gasteiger partial charge in [0.15, 0.2) is 0 Å². The zero-order chi connectivity index (χ0) is 13.4. The number of anilines is 1. The molecule has 96 valence electrons. The fraction of sp³-hybridized carbons (Fsp3) is 0.133. The summed E-state index contributed by atoms with van der Waals surface area (Å²) in [6.45, 7) is 2.14. The summed E-state index contributed by atoms with van der Waals surface area (Å²) in [6, 6.07) is 10.2. The summed E-state index contributed by atoms with van der Waals surface area (Å²) in [6.07, 6.45) is 4.79. The summed E-state index contributed by atoms with van der Waals surface area (Å²) in [4.78, 5) is 4.56. The first-order chi connectivity index (χ1) is 9.17. The lowest BCUT2D eigenvalue weighted by atomic mass is 10.1. The molecule has 3 rings (SSSR count). The third-order valence-corrected chi connectivity index (χ3v) is 3.56. The molecular weight excluding hydrogens is 258 g/mol. The van der Waals surface area contributed by atoms with Crippen LogP contribution in [0.4, 0.5) is 5.69 Å². The van der Waals surface area contributed by atoms with Crippen LogP contribution in [0, 0.1) is 0 Å². The zero-order valence-corrected chi connectivity index (χ0v) is 11.4. The summed E-state index contributed by atoms with van der Waals surface area (Å²) >= 11 is 6.00. The van der Waals surface area contributed by atoms with Crippen LogP contribution in [0.5, 0.6) is 0 Å². The van der Waals surface area contributed by atoms with Crippen LogP contribution in [0.2, 0.25) is 5.02 Å². The Hall–Kier alpha value is -2.00. The Morgan fingerprint density at radius 2 is 1.95 bits per heavy atom. The van der Waals surface area contributed by atoms with Gasteiger partial charge in [-0.1, -0.05) is 42.8 Å². The molecule has 0 fully saturated rings. The minimum absolute atomic E-state index is 0.533. The molecule has 0 bridgehead atoms. The molecular formula is C15H14ClN3. The Kier molecular flexibility index (Phi) is 2.91. The van der Waals surface area contributed by atoms with E-state index < -0.39 is 0 Å². The normalized spacial score (nSPS) is 11.1. The average molecular weight is 272 g/mol. The fourth-order valence-electron chi connectivity index (χ4n) is 2.08. The predicted molar refractivity (Wildman–Crippen MR) is 79.4 cm³/mol. The number of fused-ring (bicyclic) bond motifs is 1. The monoisotopic (exact) mass is 271 g/mol. The molecule has 19 heavy (non-hydrogen) atoms. The van der Waals surface area contributed by atoms with Crippen molar-refractivity contribution in [2.24, 2.45) is 0 Å². The minimum atomic E-state index is 0.533. The van der Waals surface area contributed by atoms with E-state index in [9.17, 15) is 0 Å². The first kappa shape index (κ1) is 12.1. The van der Waals surface area contributed by atoms with Gasteiger partial charge in [0.1, 0.15) is 5.65 Å². The van der Waals surface area contributed by atoms with Crippen LogP contribution in [0.3, 0.4) is 0 Å². The molecule has 0 aliphatic heterocycles. The molecule has 0 saturated heterocycles. The van der Waals surface area contributed by atoms with Crippen molar-refractivity contribution >= 4 is 22.9 Å². The zero-order valence-electron chi connectivity index (χ0n) is 10.6. The highest BCUT2D eigenvalue weighted by Crippen LogP contribution is 2.24. The summed E-state index contributed by atoms with van der Waals surface area (Å²) in [5, 5.41) is 0.533. The first-order valence-corrected chi connectivity index (χ1v) is 6.58. The number of benzene rings is 1. The Balaban J connectivity index is 2.09. The molecule has 2 heterocycles. The molecule has 3 aromatic rings. The largest absolute Gasteiger partial charge is 0.396 e. The highest BCUT2D eigenvalue weighted by Gasteiger charge is 2.06. The van der Waals surface area contributed by atoms with Gasteiger partial charge >= 0.3 is 0 Å². The molecule has 0 unspecified atom stereocenters. The van der Waals surface area contributed by atoms with Crippen molar-refractivity contribution in [2.45, 2.75) is 13.3 Å². The molecule has 0 aliphatic carbocycles. The van der Waals surface area contributed by atoms with Gasteiger partial charge in [0.05, 0.1) is 16.4 Å². The summed E-state index contributed by atoms with van der Waals surface area (Å²) in [5.74, 6) is 0. The van der Waals surface area contributed by atoms with Gasteiger partial charge in [-0.15, -0.1) is 0 Å². The molecule has 0 spiro atoms. The summed E-state index contributed by atoms with van der Waals surface area (Å²) < 4.78 is 1.89. The van der Waals surface area contributed by atoms with E-state index in [1.54, 1.807) is 12.3 Å². The Labute approximate surface area is 116 Å². The minimum Gasteiger partial charge on any atom is -0.396 e. The molecule has 3 nitrogen and oxygen atoms in total. The maximum atomic E-state index is 6.00. The van der Waals surface area contributed by atoms with Gasteiger partial charge in [-0.25, -0.2) is 4.98 Å². The summed E-state index contributed by atoms with van der Waals surface area (Å²) in [5.41, 5.74) is 10.5. The van der Waals surface area contributed by atoms with Crippen molar-refractivity contribution in [2.75, 3.05) is 5.73 Å². The molecule has 4 heteroatoms. The molecule has 1 aromatic carbocycles. The van der Waals surface area contributed by atoms with Crippen molar-refractivity contribution in [1.29, 1.82) is 0 Å². The van der Waals surface area contributed by atoms with E-state index in [1.807, 2.05) is 10.6 Å². The van der Waals surface area contributed by atoms with Crippen LogP contribution >= 0.6 is 11.6 Å². The van der Waals surface area contributed by atoms with E-state index in [2.05, 4.69) is 36.2 Å². The van der Waals surface area contributed by atoms with Crippen LogP contribution in [0.15, 0.2) is 42.7 Å². The van der Waals surface area contributed by atoms with Gasteiger partial charge in [0, 0.05) is 24.0 Å². The smallest absolute Gasteiger partial charge is 0.139 e. The Bertz CT molecular complexity index is 690. The van der Waals surface area contributed by atoms with Crippen molar-refractivity contribution in [3.05, 3.63) is 53.3 Å². The van der Waals surface area contributed by atoms with E-state index in [1.165, 1.54) is 5.56 Å². The molecule has 0 amide bonds. The predicted octanol–water partition coefficient (Wildman–Crippen LogP) is 3.80. The number of nitrogens with two attached hydrogens (primary N) is 1. The Morgan fingerprint density at radius 1 is 1.21 bits per heavy atom. The number of nitrogens with zero attached hydrogens (tertiary/aromatic N) is 2. The fourth-order valence-corrected chi connectivity index (χ4v) is 2.22. The standard InChI is InChI=1S/C15H14ClN3/c1-2-10-3-5-11(6-4-10)14-9-19-8-13(17)12(16)7-15(19)18-14/h3-9H,2,17H2,1H3. The molecule has 0 saturated carbocycles. The van der Waals surface area contributed by atoms with Crippen molar-refractivity contribution < 1.29 is 0 Å². The molecule has 0 radical (unpaired) electrons. The number of aryl methyl sites for hydroxylation is 1.